The normalized spacial score (nSPS) is 19.7. The van der Waals surface area contributed by atoms with E-state index < -0.39 is 0 Å². The van der Waals surface area contributed by atoms with E-state index in [4.69, 9.17) is 10.00 Å². The number of hydrogen-bond acceptors (Lipinski definition) is 5. The molecule has 2 aromatic rings. The van der Waals surface area contributed by atoms with Crippen LogP contribution in [-0.4, -0.2) is 27.4 Å². The number of hydrogen-bond donors (Lipinski definition) is 0. The standard InChI is InChI=1S/C19H22N4O3/c1-26-18(24)11-6-14-2-7-16(8-3-14)22-13-21-23(19(22)25)17-9-4-15(12-20)5-10-17/h4-5,9-10,13-14,16H,2-3,6-8,11H2,1H3/t14-,16-. The molecule has 0 spiro atoms. The van der Waals surface area contributed by atoms with Gasteiger partial charge in [0.1, 0.15) is 6.33 Å². The molecule has 0 atom stereocenters. The minimum Gasteiger partial charge on any atom is -0.469 e. The summed E-state index contributed by atoms with van der Waals surface area (Å²) < 4.78 is 7.76. The Morgan fingerprint density at radius 3 is 2.58 bits per heavy atom. The molecule has 0 aliphatic heterocycles. The van der Waals surface area contributed by atoms with Crippen molar-refractivity contribution in [3.05, 3.63) is 46.6 Å². The minimum absolute atomic E-state index is 0.143. The number of ether oxygens (including phenoxy) is 1. The lowest BCUT2D eigenvalue weighted by atomic mass is 9.83. The average Bonchev–Trinajstić information content (AvgIpc) is 3.08. The second kappa shape index (κ2) is 8.00. The van der Waals surface area contributed by atoms with E-state index in [1.807, 2.05) is 0 Å². The molecule has 0 amide bonds. The zero-order valence-corrected chi connectivity index (χ0v) is 14.8. The molecule has 7 nitrogen and oxygen atoms in total. The fraction of sp³-hybridized carbons (Fsp3) is 0.474. The molecule has 1 aliphatic carbocycles. The summed E-state index contributed by atoms with van der Waals surface area (Å²) in [5.41, 5.74) is 1.04. The van der Waals surface area contributed by atoms with E-state index in [1.165, 1.54) is 11.8 Å². The largest absolute Gasteiger partial charge is 0.469 e. The van der Waals surface area contributed by atoms with Gasteiger partial charge in [-0.1, -0.05) is 0 Å². The van der Waals surface area contributed by atoms with Crippen LogP contribution in [0.2, 0.25) is 0 Å². The number of benzene rings is 1. The second-order valence-corrected chi connectivity index (χ2v) is 6.68. The van der Waals surface area contributed by atoms with Crippen molar-refractivity contribution < 1.29 is 9.53 Å². The SMILES string of the molecule is COC(=O)CC[C@H]1CC[C@H](n2cnn(-c3ccc(C#N)cc3)c2=O)CC1. The highest BCUT2D eigenvalue weighted by atomic mass is 16.5. The maximum Gasteiger partial charge on any atom is 0.350 e. The first-order valence-corrected chi connectivity index (χ1v) is 8.86. The molecule has 1 aromatic carbocycles. The summed E-state index contributed by atoms with van der Waals surface area (Å²) in [6.45, 7) is 0. The van der Waals surface area contributed by atoms with Crippen LogP contribution in [0.15, 0.2) is 35.4 Å². The van der Waals surface area contributed by atoms with Gasteiger partial charge in [0.05, 0.1) is 24.4 Å². The van der Waals surface area contributed by atoms with Gasteiger partial charge in [-0.25, -0.2) is 4.79 Å². The number of rotatable bonds is 5. The number of carbonyl (C=O) groups is 1. The Hall–Kier alpha value is -2.88. The van der Waals surface area contributed by atoms with Crippen LogP contribution >= 0.6 is 0 Å². The number of methoxy groups -OCH3 is 1. The molecule has 1 aliphatic rings. The predicted molar refractivity (Wildman–Crippen MR) is 94.8 cm³/mol. The van der Waals surface area contributed by atoms with Gasteiger partial charge in [-0.3, -0.25) is 9.36 Å². The van der Waals surface area contributed by atoms with E-state index in [9.17, 15) is 9.59 Å². The summed E-state index contributed by atoms with van der Waals surface area (Å²) >= 11 is 0. The van der Waals surface area contributed by atoms with E-state index in [2.05, 4.69) is 11.2 Å². The van der Waals surface area contributed by atoms with Crippen LogP contribution in [-0.2, 0) is 9.53 Å². The van der Waals surface area contributed by atoms with Crippen molar-refractivity contribution in [1.29, 1.82) is 5.26 Å². The smallest absolute Gasteiger partial charge is 0.350 e. The third kappa shape index (κ3) is 3.85. The summed E-state index contributed by atoms with van der Waals surface area (Å²) in [5.74, 6) is 0.349. The Morgan fingerprint density at radius 1 is 1.27 bits per heavy atom. The Labute approximate surface area is 151 Å². The highest BCUT2D eigenvalue weighted by molar-refractivity contribution is 5.69. The summed E-state index contributed by atoms with van der Waals surface area (Å²) in [5, 5.41) is 13.1. The first-order valence-electron chi connectivity index (χ1n) is 8.86. The van der Waals surface area contributed by atoms with Crippen molar-refractivity contribution >= 4 is 5.97 Å². The van der Waals surface area contributed by atoms with Gasteiger partial charge < -0.3 is 4.74 Å². The predicted octanol–water partition coefficient (Wildman–Crippen LogP) is 2.59. The lowest BCUT2D eigenvalue weighted by Crippen LogP contribution is -2.29. The van der Waals surface area contributed by atoms with Crippen molar-refractivity contribution in [2.45, 2.75) is 44.6 Å². The fourth-order valence-corrected chi connectivity index (χ4v) is 3.56. The molecule has 26 heavy (non-hydrogen) atoms. The highest BCUT2D eigenvalue weighted by Gasteiger charge is 2.25. The summed E-state index contributed by atoms with van der Waals surface area (Å²) in [4.78, 5) is 24.0. The molecule has 0 bridgehead atoms. The van der Waals surface area contributed by atoms with E-state index in [-0.39, 0.29) is 17.7 Å². The van der Waals surface area contributed by atoms with Crippen LogP contribution in [0.1, 0.15) is 50.1 Å². The van der Waals surface area contributed by atoms with Crippen LogP contribution < -0.4 is 5.69 Å². The zero-order valence-electron chi connectivity index (χ0n) is 14.8. The van der Waals surface area contributed by atoms with E-state index in [0.717, 1.165) is 32.1 Å². The zero-order chi connectivity index (χ0) is 18.5. The molecule has 1 heterocycles. The highest BCUT2D eigenvalue weighted by Crippen LogP contribution is 2.33. The average molecular weight is 354 g/mol. The Morgan fingerprint density at radius 2 is 1.96 bits per heavy atom. The molecule has 0 radical (unpaired) electrons. The van der Waals surface area contributed by atoms with Gasteiger partial charge in [-0.2, -0.15) is 15.0 Å². The Bertz CT molecular complexity index is 852. The molecule has 1 saturated carbocycles. The third-order valence-corrected chi connectivity index (χ3v) is 5.13. The number of aromatic nitrogens is 3. The van der Waals surface area contributed by atoms with Crippen molar-refractivity contribution in [2.24, 2.45) is 5.92 Å². The first-order chi connectivity index (χ1) is 12.6. The van der Waals surface area contributed by atoms with Gasteiger partial charge in [-0.05, 0) is 62.3 Å². The number of esters is 1. The summed E-state index contributed by atoms with van der Waals surface area (Å²) in [6, 6.07) is 9.00. The number of carbonyl (C=O) groups excluding carboxylic acids is 1. The van der Waals surface area contributed by atoms with Gasteiger partial charge in [0.15, 0.2) is 0 Å². The molecule has 0 unspecified atom stereocenters. The molecular weight excluding hydrogens is 332 g/mol. The maximum atomic E-state index is 12.7. The molecule has 3 rings (SSSR count). The van der Waals surface area contributed by atoms with E-state index in [0.29, 0.717) is 23.6 Å². The fourth-order valence-electron chi connectivity index (χ4n) is 3.56. The maximum absolute atomic E-state index is 12.7. The van der Waals surface area contributed by atoms with Gasteiger partial charge in [0.2, 0.25) is 0 Å². The third-order valence-electron chi connectivity index (χ3n) is 5.13. The molecule has 136 valence electrons. The topological polar surface area (TPSA) is 89.9 Å². The molecule has 7 heteroatoms. The van der Waals surface area contributed by atoms with Crippen LogP contribution in [0.3, 0.4) is 0 Å². The Kier molecular flexibility index (Phi) is 5.52. The van der Waals surface area contributed by atoms with Gasteiger partial charge in [0.25, 0.3) is 0 Å². The molecular formula is C19H22N4O3. The van der Waals surface area contributed by atoms with Crippen molar-refractivity contribution in [1.82, 2.24) is 14.3 Å². The van der Waals surface area contributed by atoms with Gasteiger partial charge >= 0.3 is 11.7 Å². The van der Waals surface area contributed by atoms with Crippen molar-refractivity contribution in [3.8, 4) is 11.8 Å². The van der Waals surface area contributed by atoms with Crippen molar-refractivity contribution in [3.63, 3.8) is 0 Å². The van der Waals surface area contributed by atoms with E-state index >= 15 is 0 Å². The Balaban J connectivity index is 1.65. The molecule has 1 aromatic heterocycles. The van der Waals surface area contributed by atoms with Crippen LogP contribution in [0, 0.1) is 17.2 Å². The number of nitriles is 1. The van der Waals surface area contributed by atoms with E-state index in [1.54, 1.807) is 35.2 Å². The van der Waals surface area contributed by atoms with Crippen molar-refractivity contribution in [2.75, 3.05) is 7.11 Å². The summed E-state index contributed by atoms with van der Waals surface area (Å²) in [7, 11) is 1.41. The van der Waals surface area contributed by atoms with Gasteiger partial charge in [0, 0.05) is 12.5 Å². The van der Waals surface area contributed by atoms with Gasteiger partial charge in [-0.15, -0.1) is 0 Å². The second-order valence-electron chi connectivity index (χ2n) is 6.68. The molecule has 0 N–H and O–H groups in total. The molecule has 0 saturated heterocycles. The van der Waals surface area contributed by atoms with Crippen LogP contribution in [0.5, 0.6) is 0 Å². The quantitative estimate of drug-likeness (QED) is 0.770. The monoisotopic (exact) mass is 354 g/mol. The number of nitrogens with zero attached hydrogens (tertiary/aromatic N) is 4. The molecule has 1 fully saturated rings. The van der Waals surface area contributed by atoms with Crippen LogP contribution in [0.4, 0.5) is 0 Å². The minimum atomic E-state index is -0.160. The lowest BCUT2D eigenvalue weighted by Gasteiger charge is -2.28. The first kappa shape index (κ1) is 17.9. The summed E-state index contributed by atoms with van der Waals surface area (Å²) in [6.07, 6.45) is 6.71. The van der Waals surface area contributed by atoms with Crippen LogP contribution in [0.25, 0.3) is 5.69 Å². The lowest BCUT2D eigenvalue weighted by molar-refractivity contribution is -0.141.